The Morgan fingerprint density at radius 2 is 2.04 bits per heavy atom. The molecule has 0 saturated carbocycles. The minimum Gasteiger partial charge on any atom is -0.504 e. The van der Waals surface area contributed by atoms with E-state index in [-0.39, 0.29) is 17.1 Å². The highest BCUT2D eigenvalue weighted by Gasteiger charge is 2.12. The summed E-state index contributed by atoms with van der Waals surface area (Å²) in [6, 6.07) is 12.1. The van der Waals surface area contributed by atoms with Gasteiger partial charge in [0.05, 0.1) is 10.7 Å². The van der Waals surface area contributed by atoms with Crippen molar-refractivity contribution < 1.29 is 14.6 Å². The van der Waals surface area contributed by atoms with Crippen LogP contribution >= 0.6 is 38.5 Å². The number of nitrogens with zero attached hydrogens (tertiary/aromatic N) is 1. The zero-order valence-electron chi connectivity index (χ0n) is 12.5. The van der Waals surface area contributed by atoms with E-state index in [4.69, 9.17) is 4.74 Å². The molecule has 0 fully saturated rings. The number of ether oxygens (including phenoxy) is 1. The number of carbonyl (C=O) groups is 1. The number of phenolic OH excluding ortho intramolecular Hbond substituents is 1. The fraction of sp³-hybridized carbons (Fsp3) is 0.0588. The first kappa shape index (κ1) is 18.3. The molecule has 2 N–H and O–H groups in total. The maximum Gasteiger partial charge on any atom is 0.266 e. The fourth-order valence-corrected chi connectivity index (χ4v) is 2.77. The van der Waals surface area contributed by atoms with Crippen molar-refractivity contribution in [1.29, 1.82) is 5.26 Å². The van der Waals surface area contributed by atoms with Gasteiger partial charge in [-0.25, -0.2) is 0 Å². The molecule has 0 unspecified atom stereocenters. The lowest BCUT2D eigenvalue weighted by atomic mass is 10.1. The van der Waals surface area contributed by atoms with Gasteiger partial charge in [0.1, 0.15) is 11.6 Å². The Bertz CT molecular complexity index is 842. The van der Waals surface area contributed by atoms with E-state index >= 15 is 0 Å². The van der Waals surface area contributed by atoms with Crippen molar-refractivity contribution in [3.8, 4) is 17.6 Å². The van der Waals surface area contributed by atoms with Gasteiger partial charge in [0.2, 0.25) is 0 Å². The molecular weight excluding hydrogens is 487 g/mol. The number of hydrogen-bond acceptors (Lipinski definition) is 4. The normalized spacial score (nSPS) is 10.8. The van der Waals surface area contributed by atoms with Gasteiger partial charge >= 0.3 is 0 Å². The van der Waals surface area contributed by atoms with Gasteiger partial charge in [-0.1, -0.05) is 15.9 Å². The van der Waals surface area contributed by atoms with E-state index in [0.717, 1.165) is 4.47 Å². The number of nitriles is 1. The number of carbonyl (C=O) groups excluding carboxylic acids is 1. The van der Waals surface area contributed by atoms with Gasteiger partial charge in [0, 0.05) is 10.2 Å². The molecule has 5 nitrogen and oxygen atoms in total. The molecule has 0 spiro atoms. The Morgan fingerprint density at radius 1 is 1.38 bits per heavy atom. The summed E-state index contributed by atoms with van der Waals surface area (Å²) in [4.78, 5) is 12.2. The number of methoxy groups -OCH3 is 1. The standard InChI is InChI=1S/C17H12BrIN2O3/c1-24-15-8-10(7-14(19)16(15)22)6-11(9-20)17(23)21-13-4-2-12(18)3-5-13/h2-8,22H,1H3,(H,21,23)/b11-6-. The molecule has 0 aliphatic carbocycles. The van der Waals surface area contributed by atoms with Gasteiger partial charge in [-0.3, -0.25) is 4.79 Å². The van der Waals surface area contributed by atoms with E-state index in [1.165, 1.54) is 13.2 Å². The number of amides is 1. The Morgan fingerprint density at radius 3 is 2.62 bits per heavy atom. The molecule has 0 aromatic heterocycles. The second-order valence-corrected chi connectivity index (χ2v) is 6.76. The van der Waals surface area contributed by atoms with E-state index in [1.54, 1.807) is 36.4 Å². The minimum absolute atomic E-state index is 0.0214. The van der Waals surface area contributed by atoms with Gasteiger partial charge in [0.15, 0.2) is 11.5 Å². The number of anilines is 1. The zero-order valence-corrected chi connectivity index (χ0v) is 16.3. The molecule has 2 rings (SSSR count). The van der Waals surface area contributed by atoms with Crippen LogP contribution in [0.25, 0.3) is 6.08 Å². The summed E-state index contributed by atoms with van der Waals surface area (Å²) in [7, 11) is 1.43. The van der Waals surface area contributed by atoms with E-state index < -0.39 is 5.91 Å². The topological polar surface area (TPSA) is 82.3 Å². The van der Waals surface area contributed by atoms with E-state index in [2.05, 4.69) is 21.2 Å². The van der Waals surface area contributed by atoms with Crippen LogP contribution < -0.4 is 10.1 Å². The van der Waals surface area contributed by atoms with Crippen molar-refractivity contribution in [3.63, 3.8) is 0 Å². The highest BCUT2D eigenvalue weighted by Crippen LogP contribution is 2.33. The van der Waals surface area contributed by atoms with Gasteiger partial charge in [-0.2, -0.15) is 5.26 Å². The number of aromatic hydroxyl groups is 1. The van der Waals surface area contributed by atoms with Crippen LogP contribution in [0.15, 0.2) is 46.4 Å². The summed E-state index contributed by atoms with van der Waals surface area (Å²) in [5.74, 6) is -0.214. The lowest BCUT2D eigenvalue weighted by Gasteiger charge is -2.08. The summed E-state index contributed by atoms with van der Waals surface area (Å²) < 4.78 is 6.53. The summed E-state index contributed by atoms with van der Waals surface area (Å²) in [5.41, 5.74) is 1.11. The first-order valence-corrected chi connectivity index (χ1v) is 8.57. The summed E-state index contributed by atoms with van der Waals surface area (Å²) in [6.07, 6.45) is 1.44. The number of hydrogen-bond donors (Lipinski definition) is 2. The molecule has 0 aliphatic heterocycles. The lowest BCUT2D eigenvalue weighted by molar-refractivity contribution is -0.112. The number of phenols is 1. The molecule has 7 heteroatoms. The predicted octanol–water partition coefficient (Wildman–Crippen LogP) is 4.31. The smallest absolute Gasteiger partial charge is 0.266 e. The Labute approximate surface area is 161 Å². The van der Waals surface area contributed by atoms with Crippen LogP contribution in [-0.4, -0.2) is 18.1 Å². The highest BCUT2D eigenvalue weighted by atomic mass is 127. The third-order valence-electron chi connectivity index (χ3n) is 3.05. The molecule has 0 atom stereocenters. The van der Waals surface area contributed by atoms with Crippen molar-refractivity contribution in [3.05, 3.63) is 55.6 Å². The van der Waals surface area contributed by atoms with Crippen LogP contribution in [0.2, 0.25) is 0 Å². The average molecular weight is 499 g/mol. The summed E-state index contributed by atoms with van der Waals surface area (Å²) in [5, 5.41) is 21.8. The summed E-state index contributed by atoms with van der Waals surface area (Å²) >= 11 is 5.26. The maximum absolute atomic E-state index is 12.2. The minimum atomic E-state index is -0.512. The van der Waals surface area contributed by atoms with Crippen LogP contribution in [-0.2, 0) is 4.79 Å². The summed E-state index contributed by atoms with van der Waals surface area (Å²) in [6.45, 7) is 0. The monoisotopic (exact) mass is 498 g/mol. The van der Waals surface area contributed by atoms with Crippen molar-refractivity contribution >= 4 is 56.2 Å². The van der Waals surface area contributed by atoms with Crippen molar-refractivity contribution in [2.75, 3.05) is 12.4 Å². The molecule has 24 heavy (non-hydrogen) atoms. The highest BCUT2D eigenvalue weighted by molar-refractivity contribution is 14.1. The van der Waals surface area contributed by atoms with E-state index in [9.17, 15) is 15.2 Å². The first-order valence-electron chi connectivity index (χ1n) is 6.70. The van der Waals surface area contributed by atoms with Gasteiger partial charge in [-0.05, 0) is 70.6 Å². The van der Waals surface area contributed by atoms with Crippen molar-refractivity contribution in [2.24, 2.45) is 0 Å². The second-order valence-electron chi connectivity index (χ2n) is 4.68. The largest absolute Gasteiger partial charge is 0.504 e. The average Bonchev–Trinajstić information content (AvgIpc) is 2.57. The molecular formula is C17H12BrIN2O3. The van der Waals surface area contributed by atoms with Crippen molar-refractivity contribution in [1.82, 2.24) is 0 Å². The molecule has 122 valence electrons. The fourth-order valence-electron chi connectivity index (χ4n) is 1.88. The number of rotatable bonds is 4. The molecule has 2 aromatic carbocycles. The number of nitrogens with one attached hydrogen (secondary N) is 1. The van der Waals surface area contributed by atoms with Crippen LogP contribution in [0.4, 0.5) is 5.69 Å². The molecule has 0 heterocycles. The quantitative estimate of drug-likeness (QED) is 0.374. The predicted molar refractivity (Wildman–Crippen MR) is 104 cm³/mol. The number of halogens is 2. The molecule has 0 saturated heterocycles. The van der Waals surface area contributed by atoms with Crippen LogP contribution in [0.1, 0.15) is 5.56 Å². The second kappa shape index (κ2) is 8.17. The molecule has 0 aliphatic rings. The molecule has 2 aromatic rings. The maximum atomic E-state index is 12.2. The Balaban J connectivity index is 2.29. The zero-order chi connectivity index (χ0) is 17.7. The van der Waals surface area contributed by atoms with Crippen LogP contribution in [0, 0.1) is 14.9 Å². The Hall–Kier alpha value is -2.05. The Kier molecular flexibility index (Phi) is 6.23. The molecule has 1 amide bonds. The van der Waals surface area contributed by atoms with Crippen LogP contribution in [0.3, 0.4) is 0 Å². The van der Waals surface area contributed by atoms with Gasteiger partial charge in [-0.15, -0.1) is 0 Å². The molecule has 0 radical (unpaired) electrons. The first-order chi connectivity index (χ1) is 11.4. The number of benzene rings is 2. The molecule has 0 bridgehead atoms. The van der Waals surface area contributed by atoms with Gasteiger partial charge < -0.3 is 15.2 Å². The van der Waals surface area contributed by atoms with Crippen molar-refractivity contribution in [2.45, 2.75) is 0 Å². The van der Waals surface area contributed by atoms with E-state index in [0.29, 0.717) is 14.8 Å². The van der Waals surface area contributed by atoms with E-state index in [1.807, 2.05) is 28.7 Å². The SMILES string of the molecule is COc1cc(/C=C(/C#N)C(=O)Nc2ccc(Br)cc2)cc(I)c1O. The third-order valence-corrected chi connectivity index (χ3v) is 4.40. The lowest BCUT2D eigenvalue weighted by Crippen LogP contribution is -2.13. The third kappa shape index (κ3) is 4.49. The van der Waals surface area contributed by atoms with Gasteiger partial charge in [0.25, 0.3) is 5.91 Å². The van der Waals surface area contributed by atoms with Crippen LogP contribution in [0.5, 0.6) is 11.5 Å².